The number of anilines is 1. The van der Waals surface area contributed by atoms with Crippen molar-refractivity contribution in [2.75, 3.05) is 38.1 Å². The molecule has 1 aromatic carbocycles. The number of pyridine rings is 1. The number of aryl methyl sites for hydroxylation is 1. The molecule has 0 saturated carbocycles. The molecule has 7 nitrogen and oxygen atoms in total. The van der Waals surface area contributed by atoms with Crippen LogP contribution in [0.1, 0.15) is 5.69 Å². The first-order valence-electron chi connectivity index (χ1n) is 9.60. The third-order valence-corrected chi connectivity index (χ3v) is 5.50. The lowest BCUT2D eigenvalue weighted by molar-refractivity contribution is 0.313. The predicted molar refractivity (Wildman–Crippen MR) is 110 cm³/mol. The van der Waals surface area contributed by atoms with Crippen LogP contribution in [-0.2, 0) is 0 Å². The van der Waals surface area contributed by atoms with Gasteiger partial charge in [0.25, 0.3) is 5.56 Å². The normalized spacial score (nSPS) is 15.5. The second-order valence-corrected chi connectivity index (χ2v) is 7.57. The zero-order valence-corrected chi connectivity index (χ0v) is 16.3. The monoisotopic (exact) mass is 392 g/mol. The van der Waals surface area contributed by atoms with E-state index in [2.05, 4.69) is 26.8 Å². The fraction of sp³-hybridized carbons (Fsp3) is 0.286. The van der Waals surface area contributed by atoms with E-state index in [-0.39, 0.29) is 11.2 Å². The number of hydrogen-bond acceptors (Lipinski definition) is 5. The molecular weight excluding hydrogens is 371 g/mol. The Morgan fingerprint density at radius 3 is 2.62 bits per heavy atom. The van der Waals surface area contributed by atoms with Gasteiger partial charge in [-0.1, -0.05) is 0 Å². The molecule has 1 aliphatic rings. The van der Waals surface area contributed by atoms with E-state index >= 15 is 0 Å². The van der Waals surface area contributed by atoms with E-state index in [4.69, 9.17) is 0 Å². The van der Waals surface area contributed by atoms with E-state index in [0.717, 1.165) is 31.9 Å². The minimum absolute atomic E-state index is 0.226. The summed E-state index contributed by atoms with van der Waals surface area (Å²) in [5, 5.41) is 0.507. The van der Waals surface area contributed by atoms with Crippen molar-refractivity contribution >= 4 is 22.2 Å². The average Bonchev–Trinajstić information content (AvgIpc) is 3.09. The van der Waals surface area contributed by atoms with Crippen LogP contribution >= 0.6 is 0 Å². The maximum Gasteiger partial charge on any atom is 0.265 e. The molecule has 4 aromatic rings. The molecule has 1 saturated heterocycles. The smallest absolute Gasteiger partial charge is 0.265 e. The van der Waals surface area contributed by atoms with Crippen molar-refractivity contribution in [1.29, 1.82) is 0 Å². The minimum atomic E-state index is -0.479. The first kappa shape index (κ1) is 17.8. The molecule has 0 spiro atoms. The summed E-state index contributed by atoms with van der Waals surface area (Å²) in [6, 6.07) is 7.04. The van der Waals surface area contributed by atoms with Crippen LogP contribution < -0.4 is 10.5 Å². The van der Waals surface area contributed by atoms with Crippen molar-refractivity contribution in [2.45, 2.75) is 6.92 Å². The molecular formula is C21H21FN6O. The van der Waals surface area contributed by atoms with Crippen LogP contribution in [0, 0.1) is 12.7 Å². The number of halogens is 1. The van der Waals surface area contributed by atoms with Gasteiger partial charge in [0.2, 0.25) is 0 Å². The molecule has 5 rings (SSSR count). The number of piperazine rings is 1. The summed E-state index contributed by atoms with van der Waals surface area (Å²) in [5.74, 6) is -0.479. The highest BCUT2D eigenvalue weighted by Gasteiger charge is 2.16. The van der Waals surface area contributed by atoms with Gasteiger partial charge in [-0.15, -0.1) is 0 Å². The SMILES string of the molecule is Cc1cn2cc(-n3cnc4cc(N5CCN(C)CC5)ccc4c3=O)cc(F)c2n1. The van der Waals surface area contributed by atoms with Crippen molar-refractivity contribution in [2.24, 2.45) is 0 Å². The summed E-state index contributed by atoms with van der Waals surface area (Å²) in [4.78, 5) is 26.3. The molecule has 29 heavy (non-hydrogen) atoms. The van der Waals surface area contributed by atoms with Crippen molar-refractivity contribution in [3.63, 3.8) is 0 Å². The number of aromatic nitrogens is 4. The Kier molecular flexibility index (Phi) is 4.09. The van der Waals surface area contributed by atoms with E-state index in [1.807, 2.05) is 18.2 Å². The fourth-order valence-corrected chi connectivity index (χ4v) is 3.85. The highest BCUT2D eigenvalue weighted by atomic mass is 19.1. The quantitative estimate of drug-likeness (QED) is 0.524. The molecule has 0 bridgehead atoms. The summed E-state index contributed by atoms with van der Waals surface area (Å²) in [6.45, 7) is 5.71. The third-order valence-electron chi connectivity index (χ3n) is 5.50. The fourth-order valence-electron chi connectivity index (χ4n) is 3.85. The van der Waals surface area contributed by atoms with Crippen LogP contribution in [0.2, 0.25) is 0 Å². The molecule has 1 fully saturated rings. The van der Waals surface area contributed by atoms with Gasteiger partial charge < -0.3 is 14.2 Å². The first-order valence-corrected chi connectivity index (χ1v) is 9.60. The van der Waals surface area contributed by atoms with Crippen molar-refractivity contribution in [3.8, 4) is 5.69 Å². The lowest BCUT2D eigenvalue weighted by Gasteiger charge is -2.34. The van der Waals surface area contributed by atoms with Crippen LogP contribution in [0.15, 0.2) is 47.8 Å². The molecule has 0 N–H and O–H groups in total. The van der Waals surface area contributed by atoms with Crippen molar-refractivity contribution in [3.05, 3.63) is 64.9 Å². The van der Waals surface area contributed by atoms with Gasteiger partial charge in [-0.05, 0) is 32.2 Å². The third kappa shape index (κ3) is 3.05. The van der Waals surface area contributed by atoms with E-state index in [1.54, 1.807) is 23.7 Å². The van der Waals surface area contributed by atoms with Gasteiger partial charge in [-0.2, -0.15) is 0 Å². The number of likely N-dealkylation sites (N-methyl/N-ethyl adjacent to an activating group) is 1. The minimum Gasteiger partial charge on any atom is -0.369 e. The van der Waals surface area contributed by atoms with Crippen LogP contribution in [0.5, 0.6) is 0 Å². The molecule has 0 unspecified atom stereocenters. The molecule has 4 heterocycles. The van der Waals surface area contributed by atoms with E-state index in [0.29, 0.717) is 22.3 Å². The largest absolute Gasteiger partial charge is 0.369 e. The molecule has 1 aliphatic heterocycles. The van der Waals surface area contributed by atoms with Crippen LogP contribution in [0.25, 0.3) is 22.2 Å². The Morgan fingerprint density at radius 2 is 1.83 bits per heavy atom. The number of imidazole rings is 1. The molecule has 0 aliphatic carbocycles. The van der Waals surface area contributed by atoms with Crippen LogP contribution in [-0.4, -0.2) is 57.1 Å². The second-order valence-electron chi connectivity index (χ2n) is 7.57. The van der Waals surface area contributed by atoms with Gasteiger partial charge >= 0.3 is 0 Å². The Morgan fingerprint density at radius 1 is 1.03 bits per heavy atom. The number of benzene rings is 1. The second kappa shape index (κ2) is 6.66. The summed E-state index contributed by atoms with van der Waals surface area (Å²) in [6.07, 6.45) is 4.87. The average molecular weight is 392 g/mol. The summed E-state index contributed by atoms with van der Waals surface area (Å²) in [7, 11) is 2.12. The topological polar surface area (TPSA) is 58.7 Å². The van der Waals surface area contributed by atoms with Crippen molar-refractivity contribution in [1.82, 2.24) is 23.8 Å². The molecule has 0 radical (unpaired) electrons. The summed E-state index contributed by atoms with van der Waals surface area (Å²) >= 11 is 0. The van der Waals surface area contributed by atoms with E-state index < -0.39 is 5.82 Å². The number of hydrogen-bond donors (Lipinski definition) is 0. The molecule has 148 valence electrons. The Hall–Kier alpha value is -3.26. The predicted octanol–water partition coefficient (Wildman–Crippen LogP) is 2.23. The summed E-state index contributed by atoms with van der Waals surface area (Å²) < 4.78 is 17.4. The molecule has 0 amide bonds. The van der Waals surface area contributed by atoms with Gasteiger partial charge in [0.05, 0.1) is 22.3 Å². The zero-order chi connectivity index (χ0) is 20.1. The molecule has 3 aromatic heterocycles. The van der Waals surface area contributed by atoms with Crippen LogP contribution in [0.4, 0.5) is 10.1 Å². The van der Waals surface area contributed by atoms with Crippen LogP contribution in [0.3, 0.4) is 0 Å². The number of rotatable bonds is 2. The lowest BCUT2D eigenvalue weighted by atomic mass is 10.2. The lowest BCUT2D eigenvalue weighted by Crippen LogP contribution is -2.44. The van der Waals surface area contributed by atoms with Gasteiger partial charge in [0, 0.05) is 50.3 Å². The highest BCUT2D eigenvalue weighted by Crippen LogP contribution is 2.21. The Labute approximate surface area is 166 Å². The van der Waals surface area contributed by atoms with Crippen molar-refractivity contribution < 1.29 is 4.39 Å². The maximum atomic E-state index is 14.4. The van der Waals surface area contributed by atoms with E-state index in [1.165, 1.54) is 17.0 Å². The highest BCUT2D eigenvalue weighted by molar-refractivity contribution is 5.81. The van der Waals surface area contributed by atoms with Gasteiger partial charge in [0.1, 0.15) is 6.33 Å². The number of fused-ring (bicyclic) bond motifs is 2. The first-order chi connectivity index (χ1) is 14.0. The van der Waals surface area contributed by atoms with Gasteiger partial charge in [-0.3, -0.25) is 9.36 Å². The molecule has 0 atom stereocenters. The molecule has 8 heteroatoms. The number of nitrogens with zero attached hydrogens (tertiary/aromatic N) is 6. The zero-order valence-electron chi connectivity index (χ0n) is 16.3. The standard InChI is InChI=1S/C21H21FN6O/c1-14-11-27-12-16(9-18(22)20(27)24-14)28-13-23-19-10-15(3-4-17(19)21(28)29)26-7-5-25(2)6-8-26/h3-4,9-13H,5-8H2,1-2H3. The Balaban J connectivity index is 1.57. The maximum absolute atomic E-state index is 14.4. The Bertz CT molecular complexity index is 1290. The van der Waals surface area contributed by atoms with Gasteiger partial charge in [0.15, 0.2) is 11.5 Å². The summed E-state index contributed by atoms with van der Waals surface area (Å²) in [5.41, 5.74) is 2.84. The van der Waals surface area contributed by atoms with E-state index in [9.17, 15) is 9.18 Å². The van der Waals surface area contributed by atoms with Gasteiger partial charge in [-0.25, -0.2) is 14.4 Å².